The highest BCUT2D eigenvalue weighted by Gasteiger charge is 2.08. The molecule has 0 fully saturated rings. The normalized spacial score (nSPS) is 11.0. The van der Waals surface area contributed by atoms with Crippen molar-refractivity contribution >= 4 is 16.8 Å². The maximum absolute atomic E-state index is 11.0. The fourth-order valence-electron chi connectivity index (χ4n) is 1.84. The van der Waals surface area contributed by atoms with E-state index in [2.05, 4.69) is 4.98 Å². The van der Waals surface area contributed by atoms with Crippen molar-refractivity contribution in [3.05, 3.63) is 30.0 Å². The summed E-state index contributed by atoms with van der Waals surface area (Å²) in [6, 6.07) is 5.79. The van der Waals surface area contributed by atoms with Crippen molar-refractivity contribution in [1.29, 1.82) is 0 Å². The van der Waals surface area contributed by atoms with E-state index in [-0.39, 0.29) is 18.4 Å². The predicted octanol–water partition coefficient (Wildman–Crippen LogP) is 1.98. The molecule has 4 nitrogen and oxygen atoms in total. The van der Waals surface area contributed by atoms with Crippen molar-refractivity contribution in [2.75, 3.05) is 0 Å². The van der Waals surface area contributed by atoms with Gasteiger partial charge in [0, 0.05) is 17.1 Å². The molecule has 0 radical (unpaired) electrons. The van der Waals surface area contributed by atoms with E-state index in [9.17, 15) is 4.79 Å². The number of amides is 1. The molecule has 0 spiro atoms. The Morgan fingerprint density at radius 1 is 1.47 bits per heavy atom. The minimum atomic E-state index is -0.332. The Kier molecular flexibility index (Phi) is 3.04. The quantitative estimate of drug-likeness (QED) is 0.846. The van der Waals surface area contributed by atoms with E-state index in [1.807, 2.05) is 38.2 Å². The van der Waals surface area contributed by atoms with E-state index in [0.717, 1.165) is 22.2 Å². The third-order valence-corrected chi connectivity index (χ3v) is 2.48. The number of H-pyrrole nitrogens is 1. The van der Waals surface area contributed by atoms with Crippen molar-refractivity contribution in [2.24, 2.45) is 5.73 Å². The summed E-state index contributed by atoms with van der Waals surface area (Å²) in [7, 11) is 0. The molecule has 1 aromatic heterocycles. The molecular weight excluding hydrogens is 216 g/mol. The number of carbonyl (C=O) groups excluding carboxylic acids is 1. The number of rotatable bonds is 4. The molecule has 0 saturated carbocycles. The molecule has 17 heavy (non-hydrogen) atoms. The smallest absolute Gasteiger partial charge is 0.221 e. The second-order valence-corrected chi connectivity index (χ2v) is 4.33. The van der Waals surface area contributed by atoms with Gasteiger partial charge in [-0.2, -0.15) is 0 Å². The summed E-state index contributed by atoms with van der Waals surface area (Å²) in [4.78, 5) is 14.1. The molecule has 0 aliphatic rings. The second-order valence-electron chi connectivity index (χ2n) is 4.33. The number of hydrogen-bond acceptors (Lipinski definition) is 2. The lowest BCUT2D eigenvalue weighted by Crippen LogP contribution is -2.13. The number of nitrogens with two attached hydrogens (primary N) is 1. The van der Waals surface area contributed by atoms with Crippen molar-refractivity contribution < 1.29 is 9.53 Å². The number of primary amides is 1. The Morgan fingerprint density at radius 2 is 2.24 bits per heavy atom. The van der Waals surface area contributed by atoms with Crippen LogP contribution >= 0.6 is 0 Å². The molecule has 0 bridgehead atoms. The van der Waals surface area contributed by atoms with Gasteiger partial charge in [0.05, 0.1) is 12.5 Å². The van der Waals surface area contributed by atoms with Crippen molar-refractivity contribution in [3.63, 3.8) is 0 Å². The summed E-state index contributed by atoms with van der Waals surface area (Å²) in [5.74, 6) is 0.471. The molecule has 0 atom stereocenters. The average Bonchev–Trinajstić information content (AvgIpc) is 2.59. The lowest BCUT2D eigenvalue weighted by atomic mass is 10.1. The SMILES string of the molecule is CC(C)Oc1ccc2[nH]cc(CC(N)=O)c2c1. The van der Waals surface area contributed by atoms with E-state index < -0.39 is 0 Å². The highest BCUT2D eigenvalue weighted by Crippen LogP contribution is 2.24. The zero-order valence-corrected chi connectivity index (χ0v) is 9.99. The summed E-state index contributed by atoms with van der Waals surface area (Å²) in [5.41, 5.74) is 7.10. The van der Waals surface area contributed by atoms with Gasteiger partial charge in [0.2, 0.25) is 5.91 Å². The van der Waals surface area contributed by atoms with Crippen LogP contribution in [0.1, 0.15) is 19.4 Å². The van der Waals surface area contributed by atoms with Crippen LogP contribution in [0.3, 0.4) is 0 Å². The monoisotopic (exact) mass is 232 g/mol. The summed E-state index contributed by atoms with van der Waals surface area (Å²) in [6.45, 7) is 3.96. The number of aromatic nitrogens is 1. The van der Waals surface area contributed by atoms with Crippen molar-refractivity contribution in [3.8, 4) is 5.75 Å². The fourth-order valence-corrected chi connectivity index (χ4v) is 1.84. The van der Waals surface area contributed by atoms with E-state index in [1.54, 1.807) is 0 Å². The standard InChI is InChI=1S/C13H16N2O2/c1-8(2)17-10-3-4-12-11(6-10)9(7-15-12)5-13(14)16/h3-4,6-8,15H,5H2,1-2H3,(H2,14,16). The van der Waals surface area contributed by atoms with Gasteiger partial charge in [-0.1, -0.05) is 0 Å². The summed E-state index contributed by atoms with van der Waals surface area (Å²) >= 11 is 0. The lowest BCUT2D eigenvalue weighted by Gasteiger charge is -2.09. The zero-order chi connectivity index (χ0) is 12.4. The number of ether oxygens (including phenoxy) is 1. The fraction of sp³-hybridized carbons (Fsp3) is 0.308. The Balaban J connectivity index is 2.39. The number of hydrogen-bond donors (Lipinski definition) is 2. The van der Waals surface area contributed by atoms with Gasteiger partial charge in [0.15, 0.2) is 0 Å². The van der Waals surface area contributed by atoms with Crippen molar-refractivity contribution in [2.45, 2.75) is 26.4 Å². The molecule has 0 aliphatic carbocycles. The maximum Gasteiger partial charge on any atom is 0.221 e. The highest BCUT2D eigenvalue weighted by molar-refractivity contribution is 5.89. The van der Waals surface area contributed by atoms with Gasteiger partial charge in [0.25, 0.3) is 0 Å². The minimum absolute atomic E-state index is 0.131. The Hall–Kier alpha value is -1.97. The van der Waals surface area contributed by atoms with Crippen LogP contribution in [0.15, 0.2) is 24.4 Å². The van der Waals surface area contributed by atoms with Crippen LogP contribution in [-0.2, 0) is 11.2 Å². The van der Waals surface area contributed by atoms with Crippen molar-refractivity contribution in [1.82, 2.24) is 4.98 Å². The molecular formula is C13H16N2O2. The number of benzene rings is 1. The summed E-state index contributed by atoms with van der Waals surface area (Å²) < 4.78 is 5.62. The highest BCUT2D eigenvalue weighted by atomic mass is 16.5. The van der Waals surface area contributed by atoms with Gasteiger partial charge in [-0.3, -0.25) is 4.79 Å². The van der Waals surface area contributed by atoms with Crippen LogP contribution in [0, 0.1) is 0 Å². The Labute approximate surface area is 99.8 Å². The van der Waals surface area contributed by atoms with E-state index in [1.165, 1.54) is 0 Å². The van der Waals surface area contributed by atoms with Gasteiger partial charge < -0.3 is 15.5 Å². The van der Waals surface area contributed by atoms with Crippen LogP contribution < -0.4 is 10.5 Å². The van der Waals surface area contributed by atoms with E-state index in [0.29, 0.717) is 0 Å². The third kappa shape index (κ3) is 2.58. The molecule has 1 heterocycles. The first-order chi connectivity index (χ1) is 8.06. The van der Waals surface area contributed by atoms with Crippen LogP contribution in [0.2, 0.25) is 0 Å². The van der Waals surface area contributed by atoms with Crippen LogP contribution in [0.5, 0.6) is 5.75 Å². The molecule has 0 unspecified atom stereocenters. The number of nitrogens with one attached hydrogen (secondary N) is 1. The molecule has 90 valence electrons. The zero-order valence-electron chi connectivity index (χ0n) is 9.99. The van der Waals surface area contributed by atoms with Gasteiger partial charge in [-0.25, -0.2) is 0 Å². The summed E-state index contributed by atoms with van der Waals surface area (Å²) in [6.07, 6.45) is 2.19. The maximum atomic E-state index is 11.0. The first-order valence-corrected chi connectivity index (χ1v) is 5.61. The van der Waals surface area contributed by atoms with Crippen LogP contribution in [0.25, 0.3) is 10.9 Å². The summed E-state index contributed by atoms with van der Waals surface area (Å²) in [5, 5.41) is 0.988. The molecule has 0 aliphatic heterocycles. The molecule has 2 rings (SSSR count). The van der Waals surface area contributed by atoms with Gasteiger partial charge in [-0.15, -0.1) is 0 Å². The second kappa shape index (κ2) is 4.49. The Morgan fingerprint density at radius 3 is 2.88 bits per heavy atom. The first-order valence-electron chi connectivity index (χ1n) is 5.61. The molecule has 3 N–H and O–H groups in total. The average molecular weight is 232 g/mol. The Bertz CT molecular complexity index is 543. The third-order valence-electron chi connectivity index (χ3n) is 2.48. The molecule has 1 aromatic carbocycles. The molecule has 4 heteroatoms. The minimum Gasteiger partial charge on any atom is -0.491 e. The topological polar surface area (TPSA) is 68.1 Å². The van der Waals surface area contributed by atoms with Crippen LogP contribution in [-0.4, -0.2) is 17.0 Å². The lowest BCUT2D eigenvalue weighted by molar-refractivity contribution is -0.117. The van der Waals surface area contributed by atoms with Gasteiger partial charge in [0.1, 0.15) is 5.75 Å². The van der Waals surface area contributed by atoms with E-state index in [4.69, 9.17) is 10.5 Å². The predicted molar refractivity (Wildman–Crippen MR) is 67.0 cm³/mol. The van der Waals surface area contributed by atoms with Gasteiger partial charge in [-0.05, 0) is 37.6 Å². The molecule has 2 aromatic rings. The number of fused-ring (bicyclic) bond motifs is 1. The van der Waals surface area contributed by atoms with Gasteiger partial charge >= 0.3 is 0 Å². The van der Waals surface area contributed by atoms with E-state index >= 15 is 0 Å². The molecule has 1 amide bonds. The number of aromatic amines is 1. The largest absolute Gasteiger partial charge is 0.491 e. The van der Waals surface area contributed by atoms with Crippen LogP contribution in [0.4, 0.5) is 0 Å². The molecule has 0 saturated heterocycles. The first kappa shape index (κ1) is 11.5. The number of carbonyl (C=O) groups is 1.